The van der Waals surface area contributed by atoms with Crippen LogP contribution in [-0.2, 0) is 6.54 Å². The summed E-state index contributed by atoms with van der Waals surface area (Å²) in [6.45, 7) is 13.5. The summed E-state index contributed by atoms with van der Waals surface area (Å²) in [4.78, 5) is 0. The molecule has 120 valence electrons. The van der Waals surface area contributed by atoms with Gasteiger partial charge in [-0.25, -0.2) is 0 Å². The highest BCUT2D eigenvalue weighted by atomic mass is 15.4. The van der Waals surface area contributed by atoms with Crippen molar-refractivity contribution in [2.75, 3.05) is 13.1 Å². The second kappa shape index (κ2) is 20.4. The quantitative estimate of drug-likeness (QED) is 0.652. The fraction of sp³-hybridized carbons (Fsp3) is 0.875. The van der Waals surface area contributed by atoms with Crippen molar-refractivity contribution in [3.05, 3.63) is 12.4 Å². The molecule has 0 aromatic carbocycles. The van der Waals surface area contributed by atoms with Crippen molar-refractivity contribution in [3.63, 3.8) is 0 Å². The Balaban J connectivity index is 0. The first-order valence-corrected chi connectivity index (χ1v) is 8.48. The van der Waals surface area contributed by atoms with Crippen molar-refractivity contribution in [3.8, 4) is 0 Å². The topological polar surface area (TPSA) is 42.7 Å². The summed E-state index contributed by atoms with van der Waals surface area (Å²) < 4.78 is 1.89. The van der Waals surface area contributed by atoms with Gasteiger partial charge in [0.25, 0.3) is 0 Å². The second-order valence-electron chi connectivity index (χ2n) is 4.18. The molecule has 4 heteroatoms. The Hall–Kier alpha value is -0.900. The Morgan fingerprint density at radius 3 is 2.10 bits per heavy atom. The molecule has 1 heterocycles. The van der Waals surface area contributed by atoms with Gasteiger partial charge >= 0.3 is 0 Å². The molecule has 0 aliphatic heterocycles. The highest BCUT2D eigenvalue weighted by molar-refractivity contribution is 4.63. The third-order valence-electron chi connectivity index (χ3n) is 2.67. The molecule has 20 heavy (non-hydrogen) atoms. The summed E-state index contributed by atoms with van der Waals surface area (Å²) >= 11 is 0. The SMILES string of the molecule is CC.CC.CCCCCCNCCCCn1ccnn1. The molecule has 0 spiro atoms. The van der Waals surface area contributed by atoms with Crippen LogP contribution in [0.5, 0.6) is 0 Å². The third kappa shape index (κ3) is 15.2. The summed E-state index contributed by atoms with van der Waals surface area (Å²) in [6, 6.07) is 0. The van der Waals surface area contributed by atoms with E-state index in [0.29, 0.717) is 0 Å². The van der Waals surface area contributed by atoms with Crippen LogP contribution in [0.2, 0.25) is 0 Å². The van der Waals surface area contributed by atoms with E-state index < -0.39 is 0 Å². The van der Waals surface area contributed by atoms with E-state index in [1.54, 1.807) is 6.20 Å². The Morgan fingerprint density at radius 1 is 0.900 bits per heavy atom. The molecule has 1 aromatic heterocycles. The van der Waals surface area contributed by atoms with Crippen LogP contribution in [0.1, 0.15) is 73.1 Å². The molecule has 0 saturated heterocycles. The van der Waals surface area contributed by atoms with E-state index >= 15 is 0 Å². The molecule has 1 rings (SSSR count). The van der Waals surface area contributed by atoms with Gasteiger partial charge in [0.05, 0.1) is 6.20 Å². The number of aryl methyl sites for hydroxylation is 1. The standard InChI is InChI=1S/C12H24N4.2C2H6/c1-2-3-4-5-8-13-9-6-7-11-16-12-10-14-15-16;2*1-2/h10,12-13H,2-9,11H2,1H3;2*1-2H3. The molecule has 0 aliphatic carbocycles. The first kappa shape index (κ1) is 21.4. The van der Waals surface area contributed by atoms with Gasteiger partial charge in [0, 0.05) is 12.7 Å². The van der Waals surface area contributed by atoms with Gasteiger partial charge in [-0.2, -0.15) is 0 Å². The first-order chi connectivity index (χ1) is 9.93. The summed E-state index contributed by atoms with van der Waals surface area (Å²) in [5.41, 5.74) is 0. The molecule has 1 N–H and O–H groups in total. The lowest BCUT2D eigenvalue weighted by Gasteiger charge is -2.04. The van der Waals surface area contributed by atoms with E-state index in [1.165, 1.54) is 45.1 Å². The van der Waals surface area contributed by atoms with Gasteiger partial charge < -0.3 is 5.32 Å². The predicted molar refractivity (Wildman–Crippen MR) is 89.0 cm³/mol. The lowest BCUT2D eigenvalue weighted by atomic mass is 10.2. The lowest BCUT2D eigenvalue weighted by Crippen LogP contribution is -2.17. The Bertz CT molecular complexity index is 235. The van der Waals surface area contributed by atoms with Crippen LogP contribution >= 0.6 is 0 Å². The van der Waals surface area contributed by atoms with E-state index in [9.17, 15) is 0 Å². The van der Waals surface area contributed by atoms with Crippen LogP contribution in [0.4, 0.5) is 0 Å². The smallest absolute Gasteiger partial charge is 0.0692 e. The molecule has 0 radical (unpaired) electrons. The van der Waals surface area contributed by atoms with Gasteiger partial charge in [-0.15, -0.1) is 5.10 Å². The average Bonchev–Trinajstić information content (AvgIpc) is 3.03. The number of nitrogens with one attached hydrogen (secondary N) is 1. The third-order valence-corrected chi connectivity index (χ3v) is 2.67. The zero-order valence-corrected chi connectivity index (χ0v) is 14.4. The first-order valence-electron chi connectivity index (χ1n) is 8.48. The zero-order valence-electron chi connectivity index (χ0n) is 14.4. The van der Waals surface area contributed by atoms with Crippen molar-refractivity contribution in [1.29, 1.82) is 0 Å². The summed E-state index contributed by atoms with van der Waals surface area (Å²) in [7, 11) is 0. The molecule has 4 nitrogen and oxygen atoms in total. The van der Waals surface area contributed by atoms with Crippen LogP contribution in [0, 0.1) is 0 Å². The van der Waals surface area contributed by atoms with Gasteiger partial charge in [-0.3, -0.25) is 4.68 Å². The Kier molecular flexibility index (Phi) is 21.8. The maximum atomic E-state index is 3.93. The molecule has 0 amide bonds. The zero-order chi connectivity index (χ0) is 15.5. The van der Waals surface area contributed by atoms with Crippen molar-refractivity contribution < 1.29 is 0 Å². The van der Waals surface area contributed by atoms with Gasteiger partial charge in [0.2, 0.25) is 0 Å². The predicted octanol–water partition coefficient (Wildman–Crippen LogP) is 4.28. The van der Waals surface area contributed by atoms with E-state index in [1.807, 2.05) is 38.6 Å². The van der Waals surface area contributed by atoms with Crippen LogP contribution in [-0.4, -0.2) is 28.1 Å². The highest BCUT2D eigenvalue weighted by Crippen LogP contribution is 1.97. The molecule has 0 saturated carbocycles. The Labute approximate surface area is 126 Å². The lowest BCUT2D eigenvalue weighted by molar-refractivity contribution is 0.516. The van der Waals surface area contributed by atoms with E-state index in [4.69, 9.17) is 0 Å². The summed E-state index contributed by atoms with van der Waals surface area (Å²) in [5.74, 6) is 0. The maximum absolute atomic E-state index is 3.93. The van der Waals surface area contributed by atoms with Crippen molar-refractivity contribution in [2.45, 2.75) is 79.7 Å². The average molecular weight is 284 g/mol. The van der Waals surface area contributed by atoms with Crippen LogP contribution in [0.3, 0.4) is 0 Å². The van der Waals surface area contributed by atoms with Crippen LogP contribution < -0.4 is 5.32 Å². The number of hydrogen-bond donors (Lipinski definition) is 1. The van der Waals surface area contributed by atoms with Crippen LogP contribution in [0.25, 0.3) is 0 Å². The van der Waals surface area contributed by atoms with Crippen molar-refractivity contribution >= 4 is 0 Å². The van der Waals surface area contributed by atoms with E-state index in [-0.39, 0.29) is 0 Å². The minimum atomic E-state index is 0.984. The normalized spacial score (nSPS) is 9.25. The second-order valence-corrected chi connectivity index (χ2v) is 4.18. The summed E-state index contributed by atoms with van der Waals surface area (Å²) in [6.07, 6.45) is 11.4. The molecular weight excluding hydrogens is 248 g/mol. The van der Waals surface area contributed by atoms with Gasteiger partial charge in [-0.05, 0) is 32.4 Å². The maximum Gasteiger partial charge on any atom is 0.0692 e. The van der Waals surface area contributed by atoms with Gasteiger partial charge in [0.1, 0.15) is 0 Å². The fourth-order valence-electron chi connectivity index (χ4n) is 1.68. The minimum absolute atomic E-state index is 0.984. The monoisotopic (exact) mass is 284 g/mol. The molecule has 1 aromatic rings. The number of nitrogens with zero attached hydrogens (tertiary/aromatic N) is 3. The van der Waals surface area contributed by atoms with E-state index in [0.717, 1.165) is 13.1 Å². The number of aromatic nitrogens is 3. The molecule has 0 unspecified atom stereocenters. The molecular formula is C16H36N4. The van der Waals surface area contributed by atoms with Gasteiger partial charge in [-0.1, -0.05) is 59.1 Å². The van der Waals surface area contributed by atoms with Crippen molar-refractivity contribution in [2.24, 2.45) is 0 Å². The number of unbranched alkanes of at least 4 members (excludes halogenated alkanes) is 4. The number of rotatable bonds is 10. The van der Waals surface area contributed by atoms with E-state index in [2.05, 4.69) is 22.6 Å². The molecule has 0 bridgehead atoms. The molecule has 0 fully saturated rings. The van der Waals surface area contributed by atoms with Crippen LogP contribution in [0.15, 0.2) is 12.4 Å². The molecule has 0 aliphatic rings. The summed E-state index contributed by atoms with van der Waals surface area (Å²) in [5, 5.41) is 11.2. The Morgan fingerprint density at radius 2 is 1.55 bits per heavy atom. The molecule has 0 atom stereocenters. The van der Waals surface area contributed by atoms with Gasteiger partial charge in [0.15, 0.2) is 0 Å². The minimum Gasteiger partial charge on any atom is -0.317 e. The number of hydrogen-bond acceptors (Lipinski definition) is 3. The largest absolute Gasteiger partial charge is 0.317 e. The highest BCUT2D eigenvalue weighted by Gasteiger charge is 1.92. The van der Waals surface area contributed by atoms with Crippen molar-refractivity contribution in [1.82, 2.24) is 20.3 Å². The fourth-order valence-corrected chi connectivity index (χ4v) is 1.68.